The van der Waals surface area contributed by atoms with Gasteiger partial charge in [-0.05, 0) is 55.8 Å². The first kappa shape index (κ1) is 22.2. The Hall–Kier alpha value is -1.51. The molecule has 1 amide bonds. The highest BCUT2D eigenvalue weighted by Gasteiger charge is 2.31. The fourth-order valence-electron chi connectivity index (χ4n) is 2.19. The average Bonchev–Trinajstić information content (AvgIpc) is 3.10. The Bertz CT molecular complexity index is 1010. The predicted molar refractivity (Wildman–Crippen MR) is 121 cm³/mol. The molecule has 0 fully saturated rings. The van der Waals surface area contributed by atoms with Gasteiger partial charge in [0, 0.05) is 20.8 Å². The van der Waals surface area contributed by atoms with Crippen LogP contribution in [-0.4, -0.2) is 21.7 Å². The first-order valence-electron chi connectivity index (χ1n) is 8.39. The van der Waals surface area contributed by atoms with Gasteiger partial charge >= 0.3 is 0 Å². The van der Waals surface area contributed by atoms with E-state index in [0.717, 1.165) is 5.56 Å². The average molecular weight is 489 g/mol. The number of hydrogen-bond acceptors (Lipinski definition) is 6. The zero-order valence-electron chi connectivity index (χ0n) is 15.4. The van der Waals surface area contributed by atoms with Crippen molar-refractivity contribution in [2.45, 2.75) is 29.5 Å². The van der Waals surface area contributed by atoms with Crippen molar-refractivity contribution >= 4 is 68.9 Å². The van der Waals surface area contributed by atoms with Crippen molar-refractivity contribution in [3.05, 3.63) is 63.1 Å². The SMILES string of the molecule is CC(C)(Oc1ccc(Cl)cc1)C(=O)Nc1nnc(SCc2ccc(Cl)cc2Cl)s1. The molecule has 0 radical (unpaired) electrons. The van der Waals surface area contributed by atoms with Gasteiger partial charge in [0.15, 0.2) is 9.94 Å². The Kier molecular flexibility index (Phi) is 7.29. The van der Waals surface area contributed by atoms with E-state index in [1.165, 1.54) is 23.1 Å². The fraction of sp³-hybridized carbons (Fsp3) is 0.211. The normalized spacial score (nSPS) is 11.3. The minimum Gasteiger partial charge on any atom is -0.478 e. The maximum Gasteiger partial charge on any atom is 0.269 e. The van der Waals surface area contributed by atoms with Crippen LogP contribution in [0.3, 0.4) is 0 Å². The van der Waals surface area contributed by atoms with E-state index >= 15 is 0 Å². The lowest BCUT2D eigenvalue weighted by atomic mass is 10.1. The van der Waals surface area contributed by atoms with Crippen molar-refractivity contribution < 1.29 is 9.53 Å². The summed E-state index contributed by atoms with van der Waals surface area (Å²) in [6, 6.07) is 12.2. The molecule has 1 heterocycles. The van der Waals surface area contributed by atoms with E-state index in [-0.39, 0.29) is 5.91 Å². The van der Waals surface area contributed by atoms with Crippen LogP contribution in [0.1, 0.15) is 19.4 Å². The number of amides is 1. The summed E-state index contributed by atoms with van der Waals surface area (Å²) in [5.41, 5.74) is -0.164. The summed E-state index contributed by atoms with van der Waals surface area (Å²) in [4.78, 5) is 12.6. The van der Waals surface area contributed by atoms with Gasteiger partial charge in [0.2, 0.25) is 5.13 Å². The summed E-state index contributed by atoms with van der Waals surface area (Å²) in [6.45, 7) is 3.35. The Labute approximate surface area is 191 Å². The van der Waals surface area contributed by atoms with Crippen LogP contribution in [0.4, 0.5) is 5.13 Å². The van der Waals surface area contributed by atoms with E-state index in [9.17, 15) is 4.79 Å². The summed E-state index contributed by atoms with van der Waals surface area (Å²) in [5, 5.41) is 13.1. The van der Waals surface area contributed by atoms with Gasteiger partial charge in [-0.15, -0.1) is 10.2 Å². The number of benzene rings is 2. The van der Waals surface area contributed by atoms with E-state index in [4.69, 9.17) is 39.5 Å². The van der Waals surface area contributed by atoms with E-state index < -0.39 is 5.60 Å². The molecule has 0 aliphatic heterocycles. The number of rotatable bonds is 7. The van der Waals surface area contributed by atoms with Crippen LogP contribution in [0.15, 0.2) is 46.8 Å². The van der Waals surface area contributed by atoms with Gasteiger partial charge in [-0.25, -0.2) is 0 Å². The lowest BCUT2D eigenvalue weighted by molar-refractivity contribution is -0.128. The minimum atomic E-state index is -1.11. The number of aromatic nitrogens is 2. The number of nitrogens with zero attached hydrogens (tertiary/aromatic N) is 2. The summed E-state index contributed by atoms with van der Waals surface area (Å²) in [5.74, 6) is 0.827. The summed E-state index contributed by atoms with van der Waals surface area (Å²) in [7, 11) is 0. The zero-order chi connectivity index (χ0) is 21.0. The lowest BCUT2D eigenvalue weighted by Crippen LogP contribution is -2.42. The molecule has 2 aromatic carbocycles. The number of nitrogens with one attached hydrogen (secondary N) is 1. The first-order chi connectivity index (χ1) is 13.7. The number of halogens is 3. The molecule has 3 aromatic rings. The van der Waals surface area contributed by atoms with E-state index in [1.54, 1.807) is 50.2 Å². The smallest absolute Gasteiger partial charge is 0.269 e. The van der Waals surface area contributed by atoms with Gasteiger partial charge in [0.25, 0.3) is 5.91 Å². The lowest BCUT2D eigenvalue weighted by Gasteiger charge is -2.24. The molecule has 1 N–H and O–H groups in total. The molecule has 3 rings (SSSR count). The monoisotopic (exact) mass is 487 g/mol. The number of carbonyl (C=O) groups excluding carboxylic acids is 1. The van der Waals surface area contributed by atoms with Gasteiger partial charge in [0.1, 0.15) is 5.75 Å². The van der Waals surface area contributed by atoms with Crippen LogP contribution >= 0.6 is 57.9 Å². The largest absolute Gasteiger partial charge is 0.478 e. The number of ether oxygens (including phenoxy) is 1. The van der Waals surface area contributed by atoms with E-state index in [1.807, 2.05) is 6.07 Å². The van der Waals surface area contributed by atoms with E-state index in [0.29, 0.717) is 36.0 Å². The maximum atomic E-state index is 12.6. The second-order valence-corrected chi connectivity index (χ2v) is 9.90. The van der Waals surface area contributed by atoms with Gasteiger partial charge in [-0.2, -0.15) is 0 Å². The molecule has 152 valence electrons. The Morgan fingerprint density at radius 2 is 1.79 bits per heavy atom. The Morgan fingerprint density at radius 1 is 1.10 bits per heavy atom. The number of carbonyl (C=O) groups is 1. The van der Waals surface area contributed by atoms with Crippen molar-refractivity contribution in [3.63, 3.8) is 0 Å². The number of hydrogen-bond donors (Lipinski definition) is 1. The van der Waals surface area contributed by atoms with Crippen molar-refractivity contribution in [2.24, 2.45) is 0 Å². The first-order valence-corrected chi connectivity index (χ1v) is 11.3. The molecule has 0 spiro atoms. The third-order valence-electron chi connectivity index (χ3n) is 3.73. The molecule has 0 saturated heterocycles. The van der Waals surface area contributed by atoms with Crippen molar-refractivity contribution in [2.75, 3.05) is 5.32 Å². The fourth-order valence-corrected chi connectivity index (χ4v) is 4.62. The highest BCUT2D eigenvalue weighted by Crippen LogP contribution is 2.32. The number of thioether (sulfide) groups is 1. The Morgan fingerprint density at radius 3 is 2.48 bits per heavy atom. The van der Waals surface area contributed by atoms with Gasteiger partial charge in [-0.1, -0.05) is 64.0 Å². The van der Waals surface area contributed by atoms with Crippen LogP contribution < -0.4 is 10.1 Å². The summed E-state index contributed by atoms with van der Waals surface area (Å²) < 4.78 is 6.49. The van der Waals surface area contributed by atoms with Gasteiger partial charge in [-0.3, -0.25) is 10.1 Å². The molecule has 10 heteroatoms. The topological polar surface area (TPSA) is 64.1 Å². The molecule has 0 atom stereocenters. The van der Waals surface area contributed by atoms with Crippen LogP contribution in [-0.2, 0) is 10.5 Å². The second-order valence-electron chi connectivity index (χ2n) is 6.42. The molecule has 0 unspecified atom stereocenters. The molecule has 1 aromatic heterocycles. The minimum absolute atomic E-state index is 0.333. The van der Waals surface area contributed by atoms with Gasteiger partial charge < -0.3 is 4.74 Å². The highest BCUT2D eigenvalue weighted by atomic mass is 35.5. The highest BCUT2D eigenvalue weighted by molar-refractivity contribution is 8.00. The molecule has 0 saturated carbocycles. The molecular weight excluding hydrogens is 473 g/mol. The molecular formula is C19H16Cl3N3O2S2. The molecule has 5 nitrogen and oxygen atoms in total. The van der Waals surface area contributed by atoms with Crippen molar-refractivity contribution in [1.29, 1.82) is 0 Å². The van der Waals surface area contributed by atoms with Crippen LogP contribution in [0.2, 0.25) is 15.1 Å². The standard InChI is InChI=1S/C19H16Cl3N3O2S2/c1-19(2,27-14-7-5-12(20)6-8-14)16(26)23-17-24-25-18(29-17)28-10-11-3-4-13(21)9-15(11)22/h3-9H,10H2,1-2H3,(H,23,24,26). The summed E-state index contributed by atoms with van der Waals surface area (Å²) in [6.07, 6.45) is 0. The molecule has 0 aliphatic rings. The van der Waals surface area contributed by atoms with Crippen LogP contribution in [0.5, 0.6) is 5.75 Å². The van der Waals surface area contributed by atoms with Gasteiger partial charge in [0.05, 0.1) is 0 Å². The molecule has 29 heavy (non-hydrogen) atoms. The number of anilines is 1. The maximum absolute atomic E-state index is 12.6. The zero-order valence-corrected chi connectivity index (χ0v) is 19.3. The Balaban J connectivity index is 1.58. The third kappa shape index (κ3) is 6.23. The third-order valence-corrected chi connectivity index (χ3v) is 6.59. The predicted octanol–water partition coefficient (Wildman–Crippen LogP) is 6.59. The summed E-state index contributed by atoms with van der Waals surface area (Å²) >= 11 is 20.7. The van der Waals surface area contributed by atoms with Crippen molar-refractivity contribution in [3.8, 4) is 5.75 Å². The quantitative estimate of drug-likeness (QED) is 0.300. The molecule has 0 aliphatic carbocycles. The van der Waals surface area contributed by atoms with Crippen LogP contribution in [0, 0.1) is 0 Å². The van der Waals surface area contributed by atoms with Crippen LogP contribution in [0.25, 0.3) is 0 Å². The van der Waals surface area contributed by atoms with E-state index in [2.05, 4.69) is 15.5 Å². The second kappa shape index (κ2) is 9.53. The van der Waals surface area contributed by atoms with Crippen molar-refractivity contribution in [1.82, 2.24) is 10.2 Å². The molecule has 0 bridgehead atoms.